The van der Waals surface area contributed by atoms with Gasteiger partial charge in [-0.05, 0) is 32.8 Å². The first-order chi connectivity index (χ1) is 6.68. The smallest absolute Gasteiger partial charge is 0.222 e. The van der Waals surface area contributed by atoms with Gasteiger partial charge in [-0.1, -0.05) is 0 Å². The Balaban J connectivity index is 2.25. The summed E-state index contributed by atoms with van der Waals surface area (Å²) >= 11 is 0. The molecule has 0 aliphatic carbocycles. The molecule has 1 rings (SSSR count). The van der Waals surface area contributed by atoms with Crippen molar-refractivity contribution in [2.24, 2.45) is 0 Å². The summed E-state index contributed by atoms with van der Waals surface area (Å²) in [5.41, 5.74) is 0.957. The molecule has 1 aromatic rings. The molecule has 0 radical (unpaired) electrons. The molecule has 0 saturated carbocycles. The normalized spacial score (nSPS) is 12.5. The molecule has 0 aromatic carbocycles. The van der Waals surface area contributed by atoms with E-state index >= 15 is 0 Å². The zero-order valence-corrected chi connectivity index (χ0v) is 8.70. The van der Waals surface area contributed by atoms with Gasteiger partial charge in [-0.25, -0.2) is 9.97 Å². The molecule has 0 aliphatic heterocycles. The maximum Gasteiger partial charge on any atom is 0.222 e. The Morgan fingerprint density at radius 2 is 2.36 bits per heavy atom. The number of nitrogens with one attached hydrogen (secondary N) is 1. The number of nitrogens with zero attached hydrogens (tertiary/aromatic N) is 2. The van der Waals surface area contributed by atoms with Gasteiger partial charge >= 0.3 is 0 Å². The Morgan fingerprint density at radius 3 is 3.00 bits per heavy atom. The maximum atomic E-state index is 9.03. The Bertz CT molecular complexity index is 276. The van der Waals surface area contributed by atoms with Crippen molar-refractivity contribution in [1.29, 1.82) is 0 Å². The molecule has 0 fully saturated rings. The van der Waals surface area contributed by atoms with Crippen molar-refractivity contribution in [1.82, 2.24) is 9.97 Å². The van der Waals surface area contributed by atoms with Gasteiger partial charge < -0.3 is 10.4 Å². The standard InChI is InChI=1S/C10H17N3O/c1-8-5-7-12-10(13-8)11-6-3-4-9(2)14/h5,7,9,14H,3-4,6H2,1-2H3,(H,11,12,13). The van der Waals surface area contributed by atoms with E-state index in [0.29, 0.717) is 5.95 Å². The van der Waals surface area contributed by atoms with Gasteiger partial charge in [-0.15, -0.1) is 0 Å². The molecule has 2 N–H and O–H groups in total. The minimum Gasteiger partial charge on any atom is -0.393 e. The summed E-state index contributed by atoms with van der Waals surface area (Å²) in [6, 6.07) is 1.86. The van der Waals surface area contributed by atoms with E-state index in [4.69, 9.17) is 5.11 Å². The first kappa shape index (κ1) is 10.9. The van der Waals surface area contributed by atoms with Crippen LogP contribution in [0.2, 0.25) is 0 Å². The second-order valence-electron chi connectivity index (χ2n) is 3.44. The van der Waals surface area contributed by atoms with Crippen LogP contribution in [-0.4, -0.2) is 27.7 Å². The van der Waals surface area contributed by atoms with Gasteiger partial charge in [0.1, 0.15) is 0 Å². The van der Waals surface area contributed by atoms with E-state index in [9.17, 15) is 0 Å². The van der Waals surface area contributed by atoms with Crippen LogP contribution in [0, 0.1) is 6.92 Å². The Hall–Kier alpha value is -1.16. The van der Waals surface area contributed by atoms with Crippen LogP contribution in [0.3, 0.4) is 0 Å². The Morgan fingerprint density at radius 1 is 1.57 bits per heavy atom. The molecule has 1 atom stereocenters. The Kier molecular flexibility index (Phi) is 4.32. The number of rotatable bonds is 5. The highest BCUT2D eigenvalue weighted by Gasteiger charge is 1.97. The number of aryl methyl sites for hydroxylation is 1. The highest BCUT2D eigenvalue weighted by molar-refractivity contribution is 5.24. The number of anilines is 1. The number of aliphatic hydroxyl groups is 1. The maximum absolute atomic E-state index is 9.03. The molecule has 78 valence electrons. The Labute approximate surface area is 84.4 Å². The van der Waals surface area contributed by atoms with Crippen LogP contribution in [0.1, 0.15) is 25.5 Å². The van der Waals surface area contributed by atoms with E-state index in [2.05, 4.69) is 15.3 Å². The van der Waals surface area contributed by atoms with Crippen molar-refractivity contribution in [3.63, 3.8) is 0 Å². The van der Waals surface area contributed by atoms with Gasteiger partial charge in [-0.2, -0.15) is 0 Å². The monoisotopic (exact) mass is 195 g/mol. The molecule has 4 nitrogen and oxygen atoms in total. The summed E-state index contributed by atoms with van der Waals surface area (Å²) in [4.78, 5) is 8.28. The molecule has 1 heterocycles. The van der Waals surface area contributed by atoms with E-state index in [0.717, 1.165) is 25.1 Å². The molecule has 0 bridgehead atoms. The summed E-state index contributed by atoms with van der Waals surface area (Å²) in [5.74, 6) is 0.663. The van der Waals surface area contributed by atoms with Crippen molar-refractivity contribution in [3.8, 4) is 0 Å². The van der Waals surface area contributed by atoms with E-state index in [1.165, 1.54) is 0 Å². The SMILES string of the molecule is Cc1ccnc(NCCCC(C)O)n1. The van der Waals surface area contributed by atoms with Crippen LogP contribution < -0.4 is 5.32 Å². The fraction of sp³-hybridized carbons (Fsp3) is 0.600. The first-order valence-electron chi connectivity index (χ1n) is 4.90. The second kappa shape index (κ2) is 5.54. The predicted octanol–water partition coefficient (Wildman–Crippen LogP) is 1.36. The lowest BCUT2D eigenvalue weighted by molar-refractivity contribution is 0.183. The summed E-state index contributed by atoms with van der Waals surface area (Å²) in [6.07, 6.45) is 3.24. The summed E-state index contributed by atoms with van der Waals surface area (Å²) in [7, 11) is 0. The molecule has 0 aliphatic rings. The summed E-state index contributed by atoms with van der Waals surface area (Å²) in [5, 5.41) is 12.1. The average molecular weight is 195 g/mol. The largest absolute Gasteiger partial charge is 0.393 e. The van der Waals surface area contributed by atoms with Crippen molar-refractivity contribution < 1.29 is 5.11 Å². The number of hydrogen-bond acceptors (Lipinski definition) is 4. The fourth-order valence-electron chi connectivity index (χ4n) is 1.13. The number of aromatic nitrogens is 2. The highest BCUT2D eigenvalue weighted by Crippen LogP contribution is 2.00. The lowest BCUT2D eigenvalue weighted by Gasteiger charge is -2.06. The highest BCUT2D eigenvalue weighted by atomic mass is 16.3. The molecular formula is C10H17N3O. The van der Waals surface area contributed by atoms with Gasteiger partial charge in [0.2, 0.25) is 5.95 Å². The van der Waals surface area contributed by atoms with Crippen LogP contribution in [0.5, 0.6) is 0 Å². The van der Waals surface area contributed by atoms with Crippen LogP contribution >= 0.6 is 0 Å². The van der Waals surface area contributed by atoms with Crippen molar-refractivity contribution >= 4 is 5.95 Å². The van der Waals surface area contributed by atoms with Gasteiger partial charge in [0, 0.05) is 18.4 Å². The molecule has 4 heteroatoms. The fourth-order valence-corrected chi connectivity index (χ4v) is 1.13. The van der Waals surface area contributed by atoms with Crippen LogP contribution in [0.4, 0.5) is 5.95 Å². The number of aliphatic hydroxyl groups excluding tert-OH is 1. The molecule has 1 unspecified atom stereocenters. The van der Waals surface area contributed by atoms with Crippen molar-refractivity contribution in [2.75, 3.05) is 11.9 Å². The van der Waals surface area contributed by atoms with E-state index in [1.807, 2.05) is 13.0 Å². The quantitative estimate of drug-likeness (QED) is 0.696. The summed E-state index contributed by atoms with van der Waals surface area (Å²) in [6.45, 7) is 4.53. The predicted molar refractivity (Wildman–Crippen MR) is 56.2 cm³/mol. The zero-order valence-electron chi connectivity index (χ0n) is 8.70. The second-order valence-corrected chi connectivity index (χ2v) is 3.44. The first-order valence-corrected chi connectivity index (χ1v) is 4.90. The zero-order chi connectivity index (χ0) is 10.4. The molecule has 0 spiro atoms. The molecule has 14 heavy (non-hydrogen) atoms. The minimum atomic E-state index is -0.227. The minimum absolute atomic E-state index is 0.227. The molecule has 0 amide bonds. The lowest BCUT2D eigenvalue weighted by Crippen LogP contribution is -2.08. The van der Waals surface area contributed by atoms with E-state index in [1.54, 1.807) is 13.1 Å². The van der Waals surface area contributed by atoms with Crippen molar-refractivity contribution in [3.05, 3.63) is 18.0 Å². The average Bonchev–Trinajstić information content (AvgIpc) is 2.12. The molecule has 0 saturated heterocycles. The van der Waals surface area contributed by atoms with Crippen molar-refractivity contribution in [2.45, 2.75) is 32.8 Å². The molecule has 1 aromatic heterocycles. The van der Waals surface area contributed by atoms with Gasteiger partial charge in [0.05, 0.1) is 6.10 Å². The molecular weight excluding hydrogens is 178 g/mol. The van der Waals surface area contributed by atoms with Crippen LogP contribution in [0.15, 0.2) is 12.3 Å². The van der Waals surface area contributed by atoms with Gasteiger partial charge in [0.25, 0.3) is 0 Å². The van der Waals surface area contributed by atoms with Gasteiger partial charge in [-0.3, -0.25) is 0 Å². The van der Waals surface area contributed by atoms with E-state index < -0.39 is 0 Å². The van der Waals surface area contributed by atoms with Crippen LogP contribution in [0.25, 0.3) is 0 Å². The van der Waals surface area contributed by atoms with E-state index in [-0.39, 0.29) is 6.10 Å². The van der Waals surface area contributed by atoms with Crippen LogP contribution in [-0.2, 0) is 0 Å². The third-order valence-corrected chi connectivity index (χ3v) is 1.88. The summed E-state index contributed by atoms with van der Waals surface area (Å²) < 4.78 is 0. The van der Waals surface area contributed by atoms with Gasteiger partial charge in [0.15, 0.2) is 0 Å². The third-order valence-electron chi connectivity index (χ3n) is 1.88. The lowest BCUT2D eigenvalue weighted by atomic mass is 10.2. The number of hydrogen-bond donors (Lipinski definition) is 2. The topological polar surface area (TPSA) is 58.0 Å². The third kappa shape index (κ3) is 4.18.